The van der Waals surface area contributed by atoms with E-state index in [0.717, 1.165) is 30.2 Å². The number of amides is 1. The van der Waals surface area contributed by atoms with E-state index in [2.05, 4.69) is 24.1 Å². The molecule has 4 rings (SSSR count). The van der Waals surface area contributed by atoms with Crippen molar-refractivity contribution >= 4 is 23.1 Å². The van der Waals surface area contributed by atoms with Crippen LogP contribution in [0.25, 0.3) is 0 Å². The molecule has 5 nitrogen and oxygen atoms in total. The molecule has 0 bridgehead atoms. The maximum Gasteiger partial charge on any atom is 0.255 e. The Hall–Kier alpha value is -3.67. The Morgan fingerprint density at radius 1 is 1.00 bits per heavy atom. The molecule has 0 aromatic heterocycles. The van der Waals surface area contributed by atoms with Crippen LogP contribution in [0.15, 0.2) is 71.7 Å². The molecule has 0 saturated carbocycles. The van der Waals surface area contributed by atoms with Gasteiger partial charge in [0.25, 0.3) is 5.91 Å². The Morgan fingerprint density at radius 2 is 1.73 bits per heavy atom. The number of anilines is 1. The number of fused-ring (bicyclic) bond motifs is 2. The number of carbonyl (C=O) groups is 1. The second kappa shape index (κ2) is 8.37. The smallest absolute Gasteiger partial charge is 0.255 e. The molecule has 1 aliphatic rings. The first kappa shape index (κ1) is 19.6. The third-order valence-electron chi connectivity index (χ3n) is 4.96. The van der Waals surface area contributed by atoms with Crippen LogP contribution in [0.2, 0.25) is 0 Å². The summed E-state index contributed by atoms with van der Waals surface area (Å²) in [6.07, 6.45) is 0. The van der Waals surface area contributed by atoms with Crippen LogP contribution in [-0.2, 0) is 0 Å². The standard InChI is InChI=1S/C24H22FN3O2/c1-3-28(4-2)23-19-15-18(26-24(29)16-9-11-17(25)12-10-16)13-14-21(19)30-22-8-6-5-7-20(22)27-23/h5-15H,3-4H2,1-2H3,(H,26,29). The first-order chi connectivity index (χ1) is 14.6. The fraction of sp³-hybridized carbons (Fsp3) is 0.167. The van der Waals surface area contributed by atoms with Crippen LogP contribution in [0.1, 0.15) is 29.8 Å². The molecular weight excluding hydrogens is 381 g/mol. The molecule has 1 N–H and O–H groups in total. The van der Waals surface area contributed by atoms with Crippen LogP contribution in [0.3, 0.4) is 0 Å². The molecule has 0 unspecified atom stereocenters. The van der Waals surface area contributed by atoms with E-state index >= 15 is 0 Å². The number of hydrogen-bond acceptors (Lipinski definition) is 4. The fourth-order valence-electron chi connectivity index (χ4n) is 3.37. The van der Waals surface area contributed by atoms with Gasteiger partial charge in [0.2, 0.25) is 0 Å². The lowest BCUT2D eigenvalue weighted by molar-refractivity contribution is 0.102. The average Bonchev–Trinajstić information content (AvgIpc) is 2.92. The number of para-hydroxylation sites is 2. The predicted molar refractivity (Wildman–Crippen MR) is 116 cm³/mol. The first-order valence-corrected chi connectivity index (χ1v) is 9.91. The molecule has 0 radical (unpaired) electrons. The molecule has 3 aromatic carbocycles. The van der Waals surface area contributed by atoms with Gasteiger partial charge >= 0.3 is 0 Å². The lowest BCUT2D eigenvalue weighted by Gasteiger charge is -2.23. The zero-order chi connectivity index (χ0) is 21.1. The van der Waals surface area contributed by atoms with Crippen LogP contribution in [-0.4, -0.2) is 29.7 Å². The van der Waals surface area contributed by atoms with Crippen molar-refractivity contribution in [3.05, 3.63) is 83.7 Å². The van der Waals surface area contributed by atoms with Crippen molar-refractivity contribution in [3.8, 4) is 11.5 Å². The number of amidine groups is 1. The predicted octanol–water partition coefficient (Wildman–Crippen LogP) is 5.60. The van der Waals surface area contributed by atoms with Crippen molar-refractivity contribution < 1.29 is 13.9 Å². The van der Waals surface area contributed by atoms with E-state index in [-0.39, 0.29) is 11.7 Å². The van der Waals surface area contributed by atoms with Crippen LogP contribution < -0.4 is 10.1 Å². The van der Waals surface area contributed by atoms with Gasteiger partial charge in [-0.3, -0.25) is 4.79 Å². The summed E-state index contributed by atoms with van der Waals surface area (Å²) < 4.78 is 19.3. The Balaban J connectivity index is 1.73. The normalized spacial score (nSPS) is 12.0. The van der Waals surface area contributed by atoms with Gasteiger partial charge in [-0.05, 0) is 68.4 Å². The van der Waals surface area contributed by atoms with Gasteiger partial charge in [-0.25, -0.2) is 9.38 Å². The number of nitrogens with one attached hydrogen (secondary N) is 1. The lowest BCUT2D eigenvalue weighted by atomic mass is 10.1. The molecule has 0 aliphatic carbocycles. The highest BCUT2D eigenvalue weighted by Gasteiger charge is 2.22. The third-order valence-corrected chi connectivity index (χ3v) is 4.96. The van der Waals surface area contributed by atoms with Crippen molar-refractivity contribution in [1.29, 1.82) is 0 Å². The number of hydrogen-bond donors (Lipinski definition) is 1. The van der Waals surface area contributed by atoms with Gasteiger partial charge in [-0.15, -0.1) is 0 Å². The maximum atomic E-state index is 13.1. The summed E-state index contributed by atoms with van der Waals surface area (Å²) >= 11 is 0. The van der Waals surface area contributed by atoms with E-state index in [1.54, 1.807) is 6.07 Å². The second-order valence-corrected chi connectivity index (χ2v) is 6.85. The minimum atomic E-state index is -0.381. The van der Waals surface area contributed by atoms with Crippen molar-refractivity contribution in [2.24, 2.45) is 4.99 Å². The lowest BCUT2D eigenvalue weighted by Crippen LogP contribution is -2.31. The Kier molecular flexibility index (Phi) is 5.48. The molecule has 0 spiro atoms. The van der Waals surface area contributed by atoms with Gasteiger partial charge in [0, 0.05) is 24.3 Å². The molecular formula is C24H22FN3O2. The number of ether oxygens (including phenoxy) is 1. The summed E-state index contributed by atoms with van der Waals surface area (Å²) in [5, 5.41) is 2.87. The zero-order valence-corrected chi connectivity index (χ0v) is 16.9. The second-order valence-electron chi connectivity index (χ2n) is 6.85. The number of halogens is 1. The minimum absolute atomic E-state index is 0.311. The van der Waals surface area contributed by atoms with Gasteiger partial charge in [0.1, 0.15) is 23.1 Å². The first-order valence-electron chi connectivity index (χ1n) is 9.91. The molecule has 0 saturated heterocycles. The molecule has 6 heteroatoms. The third kappa shape index (κ3) is 3.89. The number of nitrogens with zero attached hydrogens (tertiary/aromatic N) is 2. The summed E-state index contributed by atoms with van der Waals surface area (Å²) in [5.41, 5.74) is 2.55. The molecule has 3 aromatic rings. The molecule has 1 amide bonds. The summed E-state index contributed by atoms with van der Waals surface area (Å²) in [4.78, 5) is 19.6. The van der Waals surface area contributed by atoms with E-state index in [4.69, 9.17) is 9.73 Å². The zero-order valence-electron chi connectivity index (χ0n) is 16.9. The topological polar surface area (TPSA) is 53.9 Å². The van der Waals surface area contributed by atoms with E-state index in [0.29, 0.717) is 22.7 Å². The highest BCUT2D eigenvalue weighted by atomic mass is 19.1. The van der Waals surface area contributed by atoms with Crippen molar-refractivity contribution in [2.75, 3.05) is 18.4 Å². The van der Waals surface area contributed by atoms with Gasteiger partial charge in [-0.1, -0.05) is 12.1 Å². The maximum absolute atomic E-state index is 13.1. The fourth-order valence-corrected chi connectivity index (χ4v) is 3.37. The highest BCUT2D eigenvalue weighted by molar-refractivity contribution is 6.07. The number of aliphatic imine (C=N–C) groups is 1. The van der Waals surface area contributed by atoms with Gasteiger partial charge in [-0.2, -0.15) is 0 Å². The molecule has 30 heavy (non-hydrogen) atoms. The minimum Gasteiger partial charge on any atom is -0.454 e. The van der Waals surface area contributed by atoms with E-state index < -0.39 is 0 Å². The van der Waals surface area contributed by atoms with Crippen molar-refractivity contribution in [2.45, 2.75) is 13.8 Å². The van der Waals surface area contributed by atoms with Gasteiger partial charge < -0.3 is 15.0 Å². The Bertz CT molecular complexity index is 1110. The number of benzene rings is 3. The van der Waals surface area contributed by atoms with Gasteiger partial charge in [0.15, 0.2) is 5.75 Å². The Morgan fingerprint density at radius 3 is 2.47 bits per heavy atom. The molecule has 1 heterocycles. The Labute approximate surface area is 174 Å². The van der Waals surface area contributed by atoms with Crippen molar-refractivity contribution in [3.63, 3.8) is 0 Å². The largest absolute Gasteiger partial charge is 0.454 e. The van der Waals surface area contributed by atoms with E-state index in [1.807, 2.05) is 36.4 Å². The van der Waals surface area contributed by atoms with Crippen LogP contribution in [0, 0.1) is 5.82 Å². The van der Waals surface area contributed by atoms with E-state index in [9.17, 15) is 9.18 Å². The van der Waals surface area contributed by atoms with Crippen LogP contribution in [0.4, 0.5) is 15.8 Å². The summed E-state index contributed by atoms with van der Waals surface area (Å²) in [7, 11) is 0. The summed E-state index contributed by atoms with van der Waals surface area (Å²) in [6.45, 7) is 5.71. The summed E-state index contributed by atoms with van der Waals surface area (Å²) in [5.74, 6) is 1.45. The molecule has 0 fully saturated rings. The number of rotatable bonds is 4. The highest BCUT2D eigenvalue weighted by Crippen LogP contribution is 2.38. The quantitative estimate of drug-likeness (QED) is 0.617. The monoisotopic (exact) mass is 403 g/mol. The number of carbonyl (C=O) groups excluding carboxylic acids is 1. The van der Waals surface area contributed by atoms with Crippen LogP contribution in [0.5, 0.6) is 11.5 Å². The summed E-state index contributed by atoms with van der Waals surface area (Å²) in [6, 6.07) is 18.6. The van der Waals surface area contributed by atoms with Crippen LogP contribution >= 0.6 is 0 Å². The molecule has 0 atom stereocenters. The van der Waals surface area contributed by atoms with Crippen molar-refractivity contribution in [1.82, 2.24) is 4.90 Å². The SMILES string of the molecule is CCN(CC)C1=Nc2ccccc2Oc2ccc(NC(=O)c3ccc(F)cc3)cc21. The molecule has 152 valence electrons. The molecule has 1 aliphatic heterocycles. The average molecular weight is 403 g/mol. The van der Waals surface area contributed by atoms with Gasteiger partial charge in [0.05, 0.1) is 5.56 Å². The van der Waals surface area contributed by atoms with E-state index in [1.165, 1.54) is 24.3 Å².